The molecular weight excluding hydrogens is 156 g/mol. The Labute approximate surface area is 71.4 Å². The number of nitrogens with two attached hydrogens (primary N) is 1. The minimum Gasteiger partial charge on any atom is -0.376 e. The first kappa shape index (κ1) is 8.01. The highest BCUT2D eigenvalue weighted by molar-refractivity contribution is 7.80. The highest BCUT2D eigenvalue weighted by Gasteiger charge is 1.90. The van der Waals surface area contributed by atoms with Crippen LogP contribution in [0.2, 0.25) is 0 Å². The summed E-state index contributed by atoms with van der Waals surface area (Å²) in [5.74, 6) is 0. The van der Waals surface area contributed by atoms with Gasteiger partial charge in [-0.3, -0.25) is 0 Å². The van der Waals surface area contributed by atoms with Crippen molar-refractivity contribution in [2.24, 2.45) is 5.73 Å². The van der Waals surface area contributed by atoms with E-state index in [1.807, 2.05) is 30.3 Å². The first-order valence-corrected chi connectivity index (χ1v) is 3.64. The summed E-state index contributed by atoms with van der Waals surface area (Å²) in [6.07, 6.45) is 0. The fourth-order valence-electron chi connectivity index (χ4n) is 0.704. The zero-order valence-electron chi connectivity index (χ0n) is 5.95. The van der Waals surface area contributed by atoms with Gasteiger partial charge >= 0.3 is 0 Å². The molecular formula is C8H9N2S. The van der Waals surface area contributed by atoms with Gasteiger partial charge in [0.05, 0.1) is 6.54 Å². The second-order valence-corrected chi connectivity index (χ2v) is 2.50. The number of hydrogen-bond donors (Lipinski definition) is 2. The molecule has 11 heavy (non-hydrogen) atoms. The van der Waals surface area contributed by atoms with Gasteiger partial charge in [0, 0.05) is 0 Å². The smallest absolute Gasteiger partial charge is 0.164 e. The molecule has 2 nitrogen and oxygen atoms in total. The Morgan fingerprint density at radius 3 is 2.55 bits per heavy atom. The molecule has 0 heterocycles. The van der Waals surface area contributed by atoms with Crippen molar-refractivity contribution in [1.82, 2.24) is 5.32 Å². The Morgan fingerprint density at radius 1 is 1.36 bits per heavy atom. The van der Waals surface area contributed by atoms with Crippen LogP contribution in [0.25, 0.3) is 0 Å². The second kappa shape index (κ2) is 3.93. The van der Waals surface area contributed by atoms with Crippen LogP contribution in [0, 0.1) is 6.54 Å². The minimum absolute atomic E-state index is 0.286. The molecule has 0 bridgehead atoms. The standard InChI is InChI=1S/C8H9N2S/c9-8(11)10-6-7-4-2-1-3-5-7/h1-6H,(H3,9,10,11). The number of hydrogen-bond acceptors (Lipinski definition) is 1. The van der Waals surface area contributed by atoms with Crippen molar-refractivity contribution >= 4 is 17.3 Å². The van der Waals surface area contributed by atoms with Gasteiger partial charge in [-0.05, 0) is 17.8 Å². The van der Waals surface area contributed by atoms with E-state index in [1.165, 1.54) is 0 Å². The molecule has 1 aromatic rings. The van der Waals surface area contributed by atoms with Gasteiger partial charge in [-0.2, -0.15) is 0 Å². The van der Waals surface area contributed by atoms with Gasteiger partial charge in [-0.25, -0.2) is 0 Å². The molecule has 57 valence electrons. The lowest BCUT2D eigenvalue weighted by Gasteiger charge is -2.01. The highest BCUT2D eigenvalue weighted by Crippen LogP contribution is 1.98. The van der Waals surface area contributed by atoms with Crippen LogP contribution in [-0.4, -0.2) is 5.11 Å². The third kappa shape index (κ3) is 3.00. The second-order valence-electron chi connectivity index (χ2n) is 2.06. The van der Waals surface area contributed by atoms with Gasteiger partial charge in [-0.15, -0.1) is 0 Å². The predicted molar refractivity (Wildman–Crippen MR) is 49.8 cm³/mol. The average molecular weight is 165 g/mol. The topological polar surface area (TPSA) is 38.0 Å². The zero-order valence-corrected chi connectivity index (χ0v) is 6.77. The van der Waals surface area contributed by atoms with E-state index in [-0.39, 0.29) is 5.11 Å². The zero-order chi connectivity index (χ0) is 8.10. The number of rotatable bonds is 2. The molecule has 0 saturated heterocycles. The van der Waals surface area contributed by atoms with Crippen LogP contribution in [0.1, 0.15) is 5.56 Å². The molecule has 1 radical (unpaired) electrons. The summed E-state index contributed by atoms with van der Waals surface area (Å²) in [4.78, 5) is 0. The van der Waals surface area contributed by atoms with Crippen LogP contribution >= 0.6 is 12.2 Å². The van der Waals surface area contributed by atoms with Crippen molar-refractivity contribution in [2.45, 2.75) is 0 Å². The summed E-state index contributed by atoms with van der Waals surface area (Å²) in [6, 6.07) is 9.79. The van der Waals surface area contributed by atoms with E-state index in [0.717, 1.165) is 5.56 Å². The van der Waals surface area contributed by atoms with Crippen LogP contribution in [0.3, 0.4) is 0 Å². The van der Waals surface area contributed by atoms with E-state index in [9.17, 15) is 0 Å². The Balaban J connectivity index is 2.45. The molecule has 0 fully saturated rings. The normalized spacial score (nSPS) is 9.09. The summed E-state index contributed by atoms with van der Waals surface area (Å²) in [7, 11) is 0. The molecule has 0 aliphatic rings. The molecule has 0 aliphatic heterocycles. The van der Waals surface area contributed by atoms with Crippen molar-refractivity contribution in [1.29, 1.82) is 0 Å². The van der Waals surface area contributed by atoms with Crippen molar-refractivity contribution < 1.29 is 0 Å². The summed E-state index contributed by atoms with van der Waals surface area (Å²) in [6.45, 7) is 1.77. The lowest BCUT2D eigenvalue weighted by atomic mass is 10.2. The minimum atomic E-state index is 0.286. The van der Waals surface area contributed by atoms with E-state index < -0.39 is 0 Å². The molecule has 0 unspecified atom stereocenters. The molecule has 1 rings (SSSR count). The van der Waals surface area contributed by atoms with Crippen molar-refractivity contribution in [2.75, 3.05) is 0 Å². The number of nitrogens with one attached hydrogen (secondary N) is 1. The van der Waals surface area contributed by atoms with Gasteiger partial charge in [-0.1, -0.05) is 30.3 Å². The fraction of sp³-hybridized carbons (Fsp3) is 0. The van der Waals surface area contributed by atoms with Gasteiger partial charge in [0.2, 0.25) is 0 Å². The first-order valence-electron chi connectivity index (χ1n) is 3.23. The van der Waals surface area contributed by atoms with E-state index in [0.29, 0.717) is 0 Å². The maximum Gasteiger partial charge on any atom is 0.164 e. The van der Waals surface area contributed by atoms with E-state index >= 15 is 0 Å². The molecule has 0 aliphatic carbocycles. The third-order valence-corrected chi connectivity index (χ3v) is 1.30. The molecule has 3 heteroatoms. The van der Waals surface area contributed by atoms with Crippen LogP contribution in [0.4, 0.5) is 0 Å². The molecule has 3 N–H and O–H groups in total. The quantitative estimate of drug-likeness (QED) is 0.643. The average Bonchev–Trinajstić information content (AvgIpc) is 2.03. The van der Waals surface area contributed by atoms with Crippen molar-refractivity contribution in [3.63, 3.8) is 0 Å². The van der Waals surface area contributed by atoms with E-state index in [2.05, 4.69) is 17.5 Å². The third-order valence-electron chi connectivity index (χ3n) is 1.18. The highest BCUT2D eigenvalue weighted by atomic mass is 32.1. The Morgan fingerprint density at radius 2 is 2.00 bits per heavy atom. The number of benzene rings is 1. The Hall–Kier alpha value is -1.09. The summed E-state index contributed by atoms with van der Waals surface area (Å²) < 4.78 is 0. The van der Waals surface area contributed by atoms with Crippen molar-refractivity contribution in [3.8, 4) is 0 Å². The van der Waals surface area contributed by atoms with E-state index in [1.54, 1.807) is 6.54 Å². The molecule has 0 spiro atoms. The monoisotopic (exact) mass is 165 g/mol. The van der Waals surface area contributed by atoms with Gasteiger partial charge in [0.25, 0.3) is 0 Å². The Kier molecular flexibility index (Phi) is 2.86. The molecule has 0 saturated carbocycles. The van der Waals surface area contributed by atoms with Crippen LogP contribution in [0.15, 0.2) is 30.3 Å². The molecule has 0 aromatic heterocycles. The van der Waals surface area contributed by atoms with Crippen LogP contribution in [0.5, 0.6) is 0 Å². The lowest BCUT2D eigenvalue weighted by molar-refractivity contribution is 1.15. The predicted octanol–water partition coefficient (Wildman–Crippen LogP) is 1.03. The van der Waals surface area contributed by atoms with Gasteiger partial charge in [0.1, 0.15) is 0 Å². The molecule has 0 atom stereocenters. The fourth-order valence-corrected chi connectivity index (χ4v) is 0.763. The van der Waals surface area contributed by atoms with E-state index in [4.69, 9.17) is 5.73 Å². The van der Waals surface area contributed by atoms with Gasteiger partial charge < -0.3 is 11.1 Å². The summed E-state index contributed by atoms with van der Waals surface area (Å²) >= 11 is 4.63. The van der Waals surface area contributed by atoms with Crippen LogP contribution in [-0.2, 0) is 0 Å². The summed E-state index contributed by atoms with van der Waals surface area (Å²) in [5, 5.41) is 3.03. The maximum atomic E-state index is 5.23. The van der Waals surface area contributed by atoms with Crippen molar-refractivity contribution in [3.05, 3.63) is 42.4 Å². The van der Waals surface area contributed by atoms with Gasteiger partial charge in [0.15, 0.2) is 5.11 Å². The summed E-state index contributed by atoms with van der Waals surface area (Å²) in [5.41, 5.74) is 6.29. The SMILES string of the molecule is NC(=S)N[CH]c1ccccc1. The van der Waals surface area contributed by atoms with Crippen LogP contribution < -0.4 is 11.1 Å². The Bertz CT molecular complexity index is 233. The first-order chi connectivity index (χ1) is 5.29. The maximum absolute atomic E-state index is 5.23. The molecule has 0 amide bonds. The lowest BCUT2D eigenvalue weighted by Crippen LogP contribution is -2.26. The largest absolute Gasteiger partial charge is 0.376 e. The molecule has 1 aromatic carbocycles. The number of thiocarbonyl (C=S) groups is 1.